The van der Waals surface area contributed by atoms with Gasteiger partial charge in [-0.3, -0.25) is 5.14 Å². The molecule has 1 heterocycles. The molecule has 0 aliphatic carbocycles. The third-order valence-electron chi connectivity index (χ3n) is 1.81. The van der Waals surface area contributed by atoms with Crippen LogP contribution in [0.4, 0.5) is 0 Å². The van der Waals surface area contributed by atoms with Gasteiger partial charge in [-0.2, -0.15) is 0 Å². The molecule has 0 aromatic heterocycles. The molecule has 0 saturated carbocycles. The Kier molecular flexibility index (Phi) is 3.27. The third kappa shape index (κ3) is 2.42. The smallest absolute Gasteiger partial charge is 0.0824 e. The van der Waals surface area contributed by atoms with Gasteiger partial charge in [-0.1, -0.05) is 13.8 Å². The largest absolute Gasteiger partial charge is 0.379 e. The van der Waals surface area contributed by atoms with Gasteiger partial charge in [0, 0.05) is 6.54 Å². The van der Waals surface area contributed by atoms with E-state index in [9.17, 15) is 0 Å². The maximum atomic E-state index is 5.50. The van der Waals surface area contributed by atoms with Crippen molar-refractivity contribution >= 4 is 11.9 Å². The van der Waals surface area contributed by atoms with Crippen molar-refractivity contribution in [3.63, 3.8) is 0 Å². The first kappa shape index (κ1) is 8.94. The fraction of sp³-hybridized carbons (Fsp3) is 0.750. The Morgan fingerprint density at radius 2 is 2.36 bits per heavy atom. The summed E-state index contributed by atoms with van der Waals surface area (Å²) in [6.07, 6.45) is 2.37. The summed E-state index contributed by atoms with van der Waals surface area (Å²) in [5.74, 6) is 0.743. The van der Waals surface area contributed by atoms with Crippen LogP contribution in [-0.4, -0.2) is 6.54 Å². The molecule has 1 rings (SSSR count). The van der Waals surface area contributed by atoms with Gasteiger partial charge in [0.25, 0.3) is 0 Å². The maximum absolute atomic E-state index is 5.50. The van der Waals surface area contributed by atoms with Crippen LogP contribution < -0.4 is 10.5 Å². The molecule has 11 heavy (non-hydrogen) atoms. The van der Waals surface area contributed by atoms with Crippen molar-refractivity contribution in [2.45, 2.75) is 26.7 Å². The number of nitrogens with one attached hydrogen (secondary N) is 1. The van der Waals surface area contributed by atoms with Crippen LogP contribution in [0.2, 0.25) is 0 Å². The lowest BCUT2D eigenvalue weighted by Gasteiger charge is -2.06. The second kappa shape index (κ2) is 4.02. The number of hydrogen-bond donors (Lipinski definition) is 2. The maximum Gasteiger partial charge on any atom is 0.0824 e. The average Bonchev–Trinajstić information content (AvgIpc) is 2.34. The molecular formula is C8H16N2S. The summed E-state index contributed by atoms with van der Waals surface area (Å²) in [6.45, 7) is 5.55. The molecule has 0 saturated heterocycles. The molecule has 0 amide bonds. The monoisotopic (exact) mass is 172 g/mol. The third-order valence-corrected chi connectivity index (χ3v) is 2.47. The van der Waals surface area contributed by atoms with Crippen molar-refractivity contribution in [1.82, 2.24) is 5.32 Å². The van der Waals surface area contributed by atoms with E-state index in [1.807, 2.05) is 0 Å². The zero-order valence-electron chi connectivity index (χ0n) is 7.18. The van der Waals surface area contributed by atoms with Crippen molar-refractivity contribution in [3.05, 3.63) is 10.6 Å². The lowest BCUT2D eigenvalue weighted by atomic mass is 10.0. The van der Waals surface area contributed by atoms with Crippen LogP contribution in [0.25, 0.3) is 0 Å². The van der Waals surface area contributed by atoms with Crippen LogP contribution >= 0.6 is 11.9 Å². The van der Waals surface area contributed by atoms with Gasteiger partial charge in [0.2, 0.25) is 0 Å². The minimum atomic E-state index is 0.743. The molecule has 1 aliphatic rings. The van der Waals surface area contributed by atoms with Gasteiger partial charge in [-0.25, -0.2) is 0 Å². The minimum Gasteiger partial charge on any atom is -0.379 e. The molecule has 1 aliphatic heterocycles. The van der Waals surface area contributed by atoms with Gasteiger partial charge < -0.3 is 5.32 Å². The van der Waals surface area contributed by atoms with Gasteiger partial charge in [-0.05, 0) is 36.3 Å². The number of rotatable bonds is 3. The fourth-order valence-electron chi connectivity index (χ4n) is 1.38. The summed E-state index contributed by atoms with van der Waals surface area (Å²) in [6, 6.07) is 0. The Balaban J connectivity index is 2.52. The van der Waals surface area contributed by atoms with Gasteiger partial charge in [-0.15, -0.1) is 0 Å². The zero-order chi connectivity index (χ0) is 8.27. The Hall–Kier alpha value is -0.150. The van der Waals surface area contributed by atoms with Gasteiger partial charge >= 0.3 is 0 Å². The van der Waals surface area contributed by atoms with Crippen molar-refractivity contribution in [3.8, 4) is 0 Å². The highest BCUT2D eigenvalue weighted by molar-refractivity contribution is 8.00. The zero-order valence-corrected chi connectivity index (χ0v) is 8.00. The van der Waals surface area contributed by atoms with E-state index in [2.05, 4.69) is 19.2 Å². The Bertz CT molecular complexity index is 163. The quantitative estimate of drug-likeness (QED) is 0.638. The van der Waals surface area contributed by atoms with Gasteiger partial charge in [0.1, 0.15) is 0 Å². The first-order valence-electron chi connectivity index (χ1n) is 4.06. The standard InChI is InChI=1S/C8H16N2S/c1-6(2)5-7-3-4-10-8(7)11-9/h6,10H,3-5,9H2,1-2H3. The Morgan fingerprint density at radius 1 is 1.64 bits per heavy atom. The molecular weight excluding hydrogens is 156 g/mol. The highest BCUT2D eigenvalue weighted by Gasteiger charge is 2.13. The number of nitrogens with two attached hydrogens (primary N) is 1. The van der Waals surface area contributed by atoms with Gasteiger partial charge in [0.15, 0.2) is 0 Å². The predicted octanol–water partition coefficient (Wildman–Crippen LogP) is 1.84. The second-order valence-electron chi connectivity index (χ2n) is 3.33. The van der Waals surface area contributed by atoms with E-state index in [1.165, 1.54) is 35.4 Å². The van der Waals surface area contributed by atoms with Crippen LogP contribution in [0.15, 0.2) is 10.6 Å². The molecule has 0 atom stereocenters. The van der Waals surface area contributed by atoms with E-state index in [4.69, 9.17) is 5.14 Å². The van der Waals surface area contributed by atoms with Crippen molar-refractivity contribution in [2.75, 3.05) is 6.54 Å². The van der Waals surface area contributed by atoms with Crippen LogP contribution in [0.1, 0.15) is 26.7 Å². The van der Waals surface area contributed by atoms with E-state index in [-0.39, 0.29) is 0 Å². The Morgan fingerprint density at radius 3 is 2.91 bits per heavy atom. The van der Waals surface area contributed by atoms with Crippen molar-refractivity contribution in [2.24, 2.45) is 11.1 Å². The average molecular weight is 172 g/mol. The van der Waals surface area contributed by atoms with E-state index in [0.29, 0.717) is 0 Å². The molecule has 2 nitrogen and oxygen atoms in total. The van der Waals surface area contributed by atoms with Crippen LogP contribution in [0.5, 0.6) is 0 Å². The van der Waals surface area contributed by atoms with E-state index in [1.54, 1.807) is 0 Å². The van der Waals surface area contributed by atoms with Crippen LogP contribution in [0, 0.1) is 5.92 Å². The molecule has 0 aromatic carbocycles. The SMILES string of the molecule is CC(C)CC1=C(SN)NCC1. The summed E-state index contributed by atoms with van der Waals surface area (Å²) in [5.41, 5.74) is 1.51. The van der Waals surface area contributed by atoms with Gasteiger partial charge in [0.05, 0.1) is 5.03 Å². The van der Waals surface area contributed by atoms with Crippen molar-refractivity contribution < 1.29 is 0 Å². The second-order valence-corrected chi connectivity index (χ2v) is 3.97. The normalized spacial score (nSPS) is 17.8. The molecule has 64 valence electrons. The first-order valence-corrected chi connectivity index (χ1v) is 4.94. The summed E-state index contributed by atoms with van der Waals surface area (Å²) in [4.78, 5) is 0. The number of hydrogen-bond acceptors (Lipinski definition) is 3. The minimum absolute atomic E-state index is 0.743. The van der Waals surface area contributed by atoms with Crippen LogP contribution in [-0.2, 0) is 0 Å². The van der Waals surface area contributed by atoms with Crippen molar-refractivity contribution in [1.29, 1.82) is 0 Å². The topological polar surface area (TPSA) is 38.0 Å². The first-order chi connectivity index (χ1) is 5.24. The fourth-order valence-corrected chi connectivity index (χ4v) is 1.92. The highest BCUT2D eigenvalue weighted by Crippen LogP contribution is 2.25. The van der Waals surface area contributed by atoms with Crippen LogP contribution in [0.3, 0.4) is 0 Å². The molecule has 0 radical (unpaired) electrons. The summed E-state index contributed by atoms with van der Waals surface area (Å²) in [7, 11) is 0. The molecule has 0 unspecified atom stereocenters. The Labute approximate surface area is 72.7 Å². The molecule has 0 spiro atoms. The highest BCUT2D eigenvalue weighted by atomic mass is 32.2. The van der Waals surface area contributed by atoms with E-state index < -0.39 is 0 Å². The molecule has 0 fully saturated rings. The predicted molar refractivity (Wildman–Crippen MR) is 50.9 cm³/mol. The van der Waals surface area contributed by atoms with E-state index in [0.717, 1.165) is 12.5 Å². The molecule has 3 heteroatoms. The lowest BCUT2D eigenvalue weighted by Crippen LogP contribution is -2.06. The summed E-state index contributed by atoms with van der Waals surface area (Å²) < 4.78 is 0. The van der Waals surface area contributed by atoms with E-state index >= 15 is 0 Å². The summed E-state index contributed by atoms with van der Waals surface area (Å²) in [5, 5.41) is 9.98. The molecule has 0 aromatic rings. The molecule has 0 bridgehead atoms. The summed E-state index contributed by atoms with van der Waals surface area (Å²) >= 11 is 1.35. The lowest BCUT2D eigenvalue weighted by molar-refractivity contribution is 0.633. The molecule has 3 N–H and O–H groups in total.